The SMILES string of the molecule is CCCc1ccccc1-c1ccc(Br)cc1Nc1ccc(Cl)cc1. The van der Waals surface area contributed by atoms with Gasteiger partial charge in [0.1, 0.15) is 0 Å². The minimum atomic E-state index is 0.739. The van der Waals surface area contributed by atoms with Crippen molar-refractivity contribution in [3.05, 3.63) is 81.8 Å². The summed E-state index contributed by atoms with van der Waals surface area (Å²) in [6.45, 7) is 2.21. The van der Waals surface area contributed by atoms with Crippen molar-refractivity contribution in [1.82, 2.24) is 0 Å². The molecule has 0 bridgehead atoms. The second-order valence-corrected chi connectivity index (χ2v) is 7.08. The van der Waals surface area contributed by atoms with E-state index in [-0.39, 0.29) is 0 Å². The van der Waals surface area contributed by atoms with Crippen molar-refractivity contribution in [2.75, 3.05) is 5.32 Å². The first-order valence-electron chi connectivity index (χ1n) is 8.08. The lowest BCUT2D eigenvalue weighted by Gasteiger charge is -2.16. The summed E-state index contributed by atoms with van der Waals surface area (Å²) in [5, 5.41) is 4.26. The zero-order chi connectivity index (χ0) is 16.9. The minimum Gasteiger partial charge on any atom is -0.355 e. The number of hydrogen-bond donors (Lipinski definition) is 1. The van der Waals surface area contributed by atoms with Gasteiger partial charge in [0.2, 0.25) is 0 Å². The average molecular weight is 401 g/mol. The van der Waals surface area contributed by atoms with Crippen molar-refractivity contribution in [2.45, 2.75) is 19.8 Å². The second-order valence-electron chi connectivity index (χ2n) is 5.73. The molecule has 122 valence electrons. The Balaban J connectivity index is 2.04. The molecule has 0 atom stereocenters. The fraction of sp³-hybridized carbons (Fsp3) is 0.143. The quantitative estimate of drug-likeness (QED) is 0.468. The van der Waals surface area contributed by atoms with Crippen LogP contribution in [0, 0.1) is 0 Å². The van der Waals surface area contributed by atoms with Crippen LogP contribution in [-0.2, 0) is 6.42 Å². The lowest BCUT2D eigenvalue weighted by Crippen LogP contribution is -1.96. The monoisotopic (exact) mass is 399 g/mol. The van der Waals surface area contributed by atoms with Gasteiger partial charge in [0.25, 0.3) is 0 Å². The van der Waals surface area contributed by atoms with E-state index in [1.807, 2.05) is 24.3 Å². The van der Waals surface area contributed by atoms with E-state index in [1.165, 1.54) is 16.7 Å². The molecule has 0 amide bonds. The van der Waals surface area contributed by atoms with Gasteiger partial charge in [-0.05, 0) is 53.9 Å². The van der Waals surface area contributed by atoms with Crippen molar-refractivity contribution in [3.63, 3.8) is 0 Å². The van der Waals surface area contributed by atoms with Gasteiger partial charge in [-0.2, -0.15) is 0 Å². The Morgan fingerprint density at radius 2 is 1.67 bits per heavy atom. The van der Waals surface area contributed by atoms with E-state index in [9.17, 15) is 0 Å². The van der Waals surface area contributed by atoms with E-state index in [2.05, 4.69) is 70.6 Å². The third-order valence-electron chi connectivity index (χ3n) is 3.93. The van der Waals surface area contributed by atoms with Crippen LogP contribution in [0.1, 0.15) is 18.9 Å². The van der Waals surface area contributed by atoms with E-state index in [4.69, 9.17) is 11.6 Å². The average Bonchev–Trinajstić information content (AvgIpc) is 2.58. The second kappa shape index (κ2) is 7.87. The molecule has 3 heteroatoms. The number of hydrogen-bond acceptors (Lipinski definition) is 1. The van der Waals surface area contributed by atoms with Crippen LogP contribution in [0.15, 0.2) is 71.2 Å². The first-order valence-corrected chi connectivity index (χ1v) is 9.25. The van der Waals surface area contributed by atoms with Crippen LogP contribution in [0.25, 0.3) is 11.1 Å². The van der Waals surface area contributed by atoms with Crippen LogP contribution in [0.3, 0.4) is 0 Å². The fourth-order valence-corrected chi connectivity index (χ4v) is 3.30. The van der Waals surface area contributed by atoms with Crippen LogP contribution in [0.5, 0.6) is 0 Å². The molecular formula is C21H19BrClN. The van der Waals surface area contributed by atoms with E-state index in [0.717, 1.165) is 33.7 Å². The highest BCUT2D eigenvalue weighted by molar-refractivity contribution is 9.10. The molecule has 0 unspecified atom stereocenters. The van der Waals surface area contributed by atoms with Gasteiger partial charge >= 0.3 is 0 Å². The summed E-state index contributed by atoms with van der Waals surface area (Å²) in [6, 6.07) is 22.8. The topological polar surface area (TPSA) is 12.0 Å². The maximum Gasteiger partial charge on any atom is 0.0475 e. The number of halogens is 2. The predicted molar refractivity (Wildman–Crippen MR) is 108 cm³/mol. The highest BCUT2D eigenvalue weighted by Gasteiger charge is 2.10. The lowest BCUT2D eigenvalue weighted by atomic mass is 9.95. The number of rotatable bonds is 5. The van der Waals surface area contributed by atoms with E-state index in [0.29, 0.717) is 0 Å². The summed E-state index contributed by atoms with van der Waals surface area (Å²) in [6.07, 6.45) is 2.21. The predicted octanol–water partition coefficient (Wildman–Crippen LogP) is 7.47. The summed E-state index contributed by atoms with van der Waals surface area (Å²) >= 11 is 9.57. The Hall–Kier alpha value is -1.77. The third kappa shape index (κ3) is 4.00. The van der Waals surface area contributed by atoms with E-state index in [1.54, 1.807) is 0 Å². The van der Waals surface area contributed by atoms with Crippen molar-refractivity contribution >= 4 is 38.9 Å². The highest BCUT2D eigenvalue weighted by atomic mass is 79.9. The summed E-state index contributed by atoms with van der Waals surface area (Å²) in [5.41, 5.74) is 5.96. The first kappa shape index (κ1) is 17.1. The summed E-state index contributed by atoms with van der Waals surface area (Å²) < 4.78 is 1.05. The smallest absolute Gasteiger partial charge is 0.0475 e. The van der Waals surface area contributed by atoms with E-state index >= 15 is 0 Å². The van der Waals surface area contributed by atoms with Crippen LogP contribution in [0.2, 0.25) is 5.02 Å². The van der Waals surface area contributed by atoms with Gasteiger partial charge in [-0.25, -0.2) is 0 Å². The third-order valence-corrected chi connectivity index (χ3v) is 4.68. The number of aryl methyl sites for hydroxylation is 1. The molecule has 3 rings (SSSR count). The molecule has 1 N–H and O–H groups in total. The molecule has 0 spiro atoms. The molecule has 0 aliphatic rings. The first-order chi connectivity index (χ1) is 11.7. The van der Waals surface area contributed by atoms with Gasteiger partial charge in [-0.1, -0.05) is 71.2 Å². The summed E-state index contributed by atoms with van der Waals surface area (Å²) in [4.78, 5) is 0. The molecule has 0 heterocycles. The Morgan fingerprint density at radius 1 is 0.917 bits per heavy atom. The molecule has 1 nitrogen and oxygen atoms in total. The standard InChI is InChI=1S/C21H19BrClN/c1-2-5-15-6-3-4-7-19(15)20-13-8-16(22)14-21(20)24-18-11-9-17(23)10-12-18/h3-4,6-14,24H,2,5H2,1H3. The molecule has 24 heavy (non-hydrogen) atoms. The molecule has 3 aromatic carbocycles. The molecule has 0 radical (unpaired) electrons. The Labute approximate surface area is 156 Å². The van der Waals surface area contributed by atoms with Gasteiger partial charge in [0.15, 0.2) is 0 Å². The van der Waals surface area contributed by atoms with Crippen LogP contribution < -0.4 is 5.32 Å². The highest BCUT2D eigenvalue weighted by Crippen LogP contribution is 2.35. The zero-order valence-corrected chi connectivity index (χ0v) is 15.9. The molecule has 0 aromatic heterocycles. The van der Waals surface area contributed by atoms with Crippen molar-refractivity contribution in [1.29, 1.82) is 0 Å². The van der Waals surface area contributed by atoms with Crippen molar-refractivity contribution in [3.8, 4) is 11.1 Å². The maximum atomic E-state index is 5.99. The molecule has 0 aliphatic carbocycles. The van der Waals surface area contributed by atoms with Gasteiger partial charge in [-0.15, -0.1) is 0 Å². The molecular weight excluding hydrogens is 382 g/mol. The normalized spacial score (nSPS) is 10.6. The molecule has 3 aromatic rings. The number of benzene rings is 3. The van der Waals surface area contributed by atoms with Crippen LogP contribution in [-0.4, -0.2) is 0 Å². The Morgan fingerprint density at radius 3 is 2.42 bits per heavy atom. The maximum absolute atomic E-state index is 5.99. The number of nitrogens with one attached hydrogen (secondary N) is 1. The molecule has 0 saturated carbocycles. The number of anilines is 2. The largest absolute Gasteiger partial charge is 0.355 e. The fourth-order valence-electron chi connectivity index (χ4n) is 2.81. The zero-order valence-electron chi connectivity index (χ0n) is 13.5. The Bertz CT molecular complexity index is 827. The lowest BCUT2D eigenvalue weighted by molar-refractivity contribution is 0.924. The van der Waals surface area contributed by atoms with Gasteiger partial charge < -0.3 is 5.32 Å². The molecule has 0 fully saturated rings. The van der Waals surface area contributed by atoms with Gasteiger partial charge in [-0.3, -0.25) is 0 Å². The minimum absolute atomic E-state index is 0.739. The van der Waals surface area contributed by atoms with Crippen molar-refractivity contribution < 1.29 is 0 Å². The van der Waals surface area contributed by atoms with Crippen molar-refractivity contribution in [2.24, 2.45) is 0 Å². The summed E-state index contributed by atoms with van der Waals surface area (Å²) in [7, 11) is 0. The molecule has 0 saturated heterocycles. The summed E-state index contributed by atoms with van der Waals surface area (Å²) in [5.74, 6) is 0. The van der Waals surface area contributed by atoms with Crippen LogP contribution in [0.4, 0.5) is 11.4 Å². The van der Waals surface area contributed by atoms with Crippen LogP contribution >= 0.6 is 27.5 Å². The molecule has 0 aliphatic heterocycles. The van der Waals surface area contributed by atoms with Gasteiger partial charge in [0.05, 0.1) is 0 Å². The van der Waals surface area contributed by atoms with Gasteiger partial charge in [0, 0.05) is 26.4 Å². The Kier molecular flexibility index (Phi) is 5.60. The van der Waals surface area contributed by atoms with E-state index < -0.39 is 0 Å².